The van der Waals surface area contributed by atoms with Crippen LogP contribution in [0.4, 0.5) is 23.0 Å². The highest BCUT2D eigenvalue weighted by molar-refractivity contribution is 9.10. The van der Waals surface area contributed by atoms with E-state index in [1.54, 1.807) is 12.1 Å². The summed E-state index contributed by atoms with van der Waals surface area (Å²) in [4.78, 5) is 20.1. The number of amides is 1. The molecular weight excluding hydrogens is 412 g/mol. The SMILES string of the molecule is Nc1c(NNC(=O)COc2ccccc2)ncnc1Nc1cccc(Br)c1. The van der Waals surface area contributed by atoms with Crippen molar-refractivity contribution in [3.05, 3.63) is 65.4 Å². The molecule has 8 nitrogen and oxygen atoms in total. The first-order valence-corrected chi connectivity index (χ1v) is 8.77. The highest BCUT2D eigenvalue weighted by Gasteiger charge is 2.10. The number of nitrogens with two attached hydrogens (primary N) is 1. The number of anilines is 4. The number of ether oxygens (including phenoxy) is 1. The third kappa shape index (κ3) is 5.32. The van der Waals surface area contributed by atoms with Gasteiger partial charge < -0.3 is 15.8 Å². The number of carbonyl (C=O) groups is 1. The number of hydrogen-bond acceptors (Lipinski definition) is 7. The third-order valence-corrected chi connectivity index (χ3v) is 3.90. The number of nitrogens with one attached hydrogen (secondary N) is 3. The molecule has 0 aliphatic heterocycles. The molecule has 1 aromatic heterocycles. The van der Waals surface area contributed by atoms with Gasteiger partial charge in [-0.25, -0.2) is 9.97 Å². The molecule has 5 N–H and O–H groups in total. The van der Waals surface area contributed by atoms with Gasteiger partial charge in [0.2, 0.25) is 0 Å². The molecule has 1 amide bonds. The van der Waals surface area contributed by atoms with E-state index in [-0.39, 0.29) is 24.0 Å². The van der Waals surface area contributed by atoms with E-state index >= 15 is 0 Å². The van der Waals surface area contributed by atoms with Gasteiger partial charge in [0.1, 0.15) is 17.8 Å². The number of hydrazine groups is 1. The minimum absolute atomic E-state index is 0.148. The van der Waals surface area contributed by atoms with E-state index < -0.39 is 0 Å². The fourth-order valence-electron chi connectivity index (χ4n) is 2.13. The van der Waals surface area contributed by atoms with Gasteiger partial charge in [-0.1, -0.05) is 40.2 Å². The Labute approximate surface area is 164 Å². The quantitative estimate of drug-likeness (QED) is 0.427. The number of nitrogen functional groups attached to an aromatic ring is 1. The van der Waals surface area contributed by atoms with Crippen molar-refractivity contribution in [2.24, 2.45) is 0 Å². The molecule has 27 heavy (non-hydrogen) atoms. The molecular formula is C18H17BrN6O2. The van der Waals surface area contributed by atoms with Crippen LogP contribution in [0.3, 0.4) is 0 Å². The Morgan fingerprint density at radius 1 is 1.07 bits per heavy atom. The van der Waals surface area contributed by atoms with Gasteiger partial charge in [-0.2, -0.15) is 0 Å². The predicted octanol–water partition coefficient (Wildman–Crippen LogP) is 3.09. The first-order chi connectivity index (χ1) is 13.1. The van der Waals surface area contributed by atoms with Crippen molar-refractivity contribution in [3.8, 4) is 5.75 Å². The van der Waals surface area contributed by atoms with Crippen LogP contribution in [0.1, 0.15) is 0 Å². The van der Waals surface area contributed by atoms with Crippen LogP contribution in [-0.4, -0.2) is 22.5 Å². The summed E-state index contributed by atoms with van der Waals surface area (Å²) < 4.78 is 6.29. The number of nitrogens with zero attached hydrogens (tertiary/aromatic N) is 2. The smallest absolute Gasteiger partial charge is 0.276 e. The molecule has 0 spiro atoms. The molecule has 0 radical (unpaired) electrons. The average molecular weight is 429 g/mol. The number of carbonyl (C=O) groups excluding carboxylic acids is 1. The highest BCUT2D eigenvalue weighted by Crippen LogP contribution is 2.26. The zero-order chi connectivity index (χ0) is 19.1. The molecule has 0 unspecified atom stereocenters. The number of halogens is 1. The molecule has 138 valence electrons. The molecule has 3 aromatic rings. The van der Waals surface area contributed by atoms with E-state index in [1.807, 2.05) is 42.5 Å². The highest BCUT2D eigenvalue weighted by atomic mass is 79.9. The lowest BCUT2D eigenvalue weighted by Gasteiger charge is -2.13. The second-order valence-electron chi connectivity index (χ2n) is 5.39. The minimum Gasteiger partial charge on any atom is -0.484 e. The van der Waals surface area contributed by atoms with E-state index in [0.29, 0.717) is 11.6 Å². The standard InChI is InChI=1S/C18H17BrN6O2/c19-12-5-4-6-13(9-12)23-17-16(20)18(22-11-21-17)25-24-15(26)10-27-14-7-2-1-3-8-14/h1-9,11H,10,20H2,(H,24,26)(H2,21,22,23,25). The van der Waals surface area contributed by atoms with Crippen LogP contribution in [0, 0.1) is 0 Å². The van der Waals surface area contributed by atoms with Crippen LogP contribution >= 0.6 is 15.9 Å². The lowest BCUT2D eigenvalue weighted by Crippen LogP contribution is -2.34. The van der Waals surface area contributed by atoms with Gasteiger partial charge in [-0.3, -0.25) is 15.6 Å². The summed E-state index contributed by atoms with van der Waals surface area (Å²) in [5.74, 6) is 0.920. The second-order valence-corrected chi connectivity index (χ2v) is 6.31. The van der Waals surface area contributed by atoms with Gasteiger partial charge in [0.25, 0.3) is 5.91 Å². The molecule has 1 heterocycles. The minimum atomic E-state index is -0.377. The average Bonchev–Trinajstić information content (AvgIpc) is 2.68. The number of benzene rings is 2. The van der Waals surface area contributed by atoms with Crippen molar-refractivity contribution >= 4 is 44.8 Å². The fraction of sp³-hybridized carbons (Fsp3) is 0.0556. The first-order valence-electron chi connectivity index (χ1n) is 7.97. The Bertz CT molecular complexity index is 923. The van der Waals surface area contributed by atoms with E-state index in [2.05, 4.69) is 42.1 Å². The molecule has 0 bridgehead atoms. The number of hydrogen-bond donors (Lipinski definition) is 4. The maximum absolute atomic E-state index is 11.9. The van der Waals surface area contributed by atoms with Crippen molar-refractivity contribution in [1.82, 2.24) is 15.4 Å². The zero-order valence-corrected chi connectivity index (χ0v) is 15.7. The van der Waals surface area contributed by atoms with Gasteiger partial charge in [-0.05, 0) is 30.3 Å². The van der Waals surface area contributed by atoms with Crippen molar-refractivity contribution in [1.29, 1.82) is 0 Å². The van der Waals surface area contributed by atoms with E-state index in [4.69, 9.17) is 10.5 Å². The van der Waals surface area contributed by atoms with E-state index in [1.165, 1.54) is 6.33 Å². The molecule has 0 aliphatic rings. The lowest BCUT2D eigenvalue weighted by molar-refractivity contribution is -0.122. The van der Waals surface area contributed by atoms with Crippen LogP contribution in [0.15, 0.2) is 65.4 Å². The Kier molecular flexibility index (Phi) is 6.06. The Balaban J connectivity index is 1.58. The summed E-state index contributed by atoms with van der Waals surface area (Å²) in [5, 5.41) is 3.10. The third-order valence-electron chi connectivity index (χ3n) is 3.40. The Morgan fingerprint density at radius 2 is 1.85 bits per heavy atom. The predicted molar refractivity (Wildman–Crippen MR) is 108 cm³/mol. The van der Waals surface area contributed by atoms with Crippen LogP contribution in [0.25, 0.3) is 0 Å². The summed E-state index contributed by atoms with van der Waals surface area (Å²) in [6.07, 6.45) is 1.34. The molecule has 2 aromatic carbocycles. The van der Waals surface area contributed by atoms with Gasteiger partial charge in [0.15, 0.2) is 18.2 Å². The van der Waals surface area contributed by atoms with Gasteiger partial charge in [0.05, 0.1) is 0 Å². The summed E-state index contributed by atoms with van der Waals surface area (Å²) in [5.41, 5.74) is 12.3. The second kappa shape index (κ2) is 8.86. The number of aromatic nitrogens is 2. The zero-order valence-electron chi connectivity index (χ0n) is 14.1. The van der Waals surface area contributed by atoms with Gasteiger partial charge in [-0.15, -0.1) is 0 Å². The molecule has 9 heteroatoms. The topological polar surface area (TPSA) is 114 Å². The summed E-state index contributed by atoms with van der Waals surface area (Å²) in [6, 6.07) is 16.6. The van der Waals surface area contributed by atoms with Crippen molar-refractivity contribution in [3.63, 3.8) is 0 Å². The lowest BCUT2D eigenvalue weighted by atomic mass is 10.3. The van der Waals surface area contributed by atoms with Crippen LogP contribution in [0.5, 0.6) is 5.75 Å². The van der Waals surface area contributed by atoms with Crippen molar-refractivity contribution < 1.29 is 9.53 Å². The number of rotatable bonds is 7. The van der Waals surface area contributed by atoms with Crippen LogP contribution in [-0.2, 0) is 4.79 Å². The largest absolute Gasteiger partial charge is 0.484 e. The molecule has 3 rings (SSSR count). The maximum Gasteiger partial charge on any atom is 0.276 e. The molecule has 0 aliphatic carbocycles. The molecule has 0 atom stereocenters. The normalized spacial score (nSPS) is 10.1. The summed E-state index contributed by atoms with van der Waals surface area (Å²) in [6.45, 7) is -0.148. The summed E-state index contributed by atoms with van der Waals surface area (Å²) in [7, 11) is 0. The monoisotopic (exact) mass is 428 g/mol. The Hall–Kier alpha value is -3.33. The fourth-order valence-corrected chi connectivity index (χ4v) is 2.53. The molecule has 0 saturated heterocycles. The van der Waals surface area contributed by atoms with Gasteiger partial charge in [0, 0.05) is 10.2 Å². The Morgan fingerprint density at radius 3 is 2.63 bits per heavy atom. The van der Waals surface area contributed by atoms with Crippen molar-refractivity contribution in [2.75, 3.05) is 23.1 Å². The molecule has 0 fully saturated rings. The van der Waals surface area contributed by atoms with E-state index in [0.717, 1.165) is 10.2 Å². The van der Waals surface area contributed by atoms with Crippen LogP contribution < -0.4 is 26.6 Å². The summed E-state index contributed by atoms with van der Waals surface area (Å²) >= 11 is 3.41. The molecule has 0 saturated carbocycles. The van der Waals surface area contributed by atoms with Gasteiger partial charge >= 0.3 is 0 Å². The van der Waals surface area contributed by atoms with Crippen molar-refractivity contribution in [2.45, 2.75) is 0 Å². The van der Waals surface area contributed by atoms with E-state index in [9.17, 15) is 4.79 Å². The maximum atomic E-state index is 11.9. The first kappa shape index (κ1) is 18.5. The van der Waals surface area contributed by atoms with Crippen LogP contribution in [0.2, 0.25) is 0 Å². The number of para-hydroxylation sites is 1.